The lowest BCUT2D eigenvalue weighted by molar-refractivity contribution is 0.0521. The third kappa shape index (κ3) is 4.62. The molecule has 8 heteroatoms. The molecule has 0 atom stereocenters. The van der Waals surface area contributed by atoms with Crippen LogP contribution in [0.25, 0.3) is 0 Å². The van der Waals surface area contributed by atoms with Crippen LogP contribution in [-0.2, 0) is 21.2 Å². The van der Waals surface area contributed by atoms with Crippen LogP contribution in [-0.4, -0.2) is 32.5 Å². The molecule has 1 aromatic heterocycles. The number of carbonyl (C=O) groups excluding carboxylic acids is 1. The Bertz CT molecular complexity index is 858. The number of hydrogen-bond donors (Lipinski definition) is 2. The van der Waals surface area contributed by atoms with E-state index >= 15 is 0 Å². The lowest BCUT2D eigenvalue weighted by atomic mass is 10.2. The van der Waals surface area contributed by atoms with Crippen molar-refractivity contribution in [3.05, 3.63) is 51.8 Å². The van der Waals surface area contributed by atoms with Gasteiger partial charge in [0.1, 0.15) is 10.5 Å². The van der Waals surface area contributed by atoms with Gasteiger partial charge in [-0.05, 0) is 44.9 Å². The molecule has 0 aliphatic rings. The quantitative estimate of drug-likeness (QED) is 0.718. The zero-order chi connectivity index (χ0) is 18.6. The van der Waals surface area contributed by atoms with Crippen molar-refractivity contribution in [3.63, 3.8) is 0 Å². The van der Waals surface area contributed by atoms with Crippen LogP contribution in [0.3, 0.4) is 0 Å². The molecule has 0 spiro atoms. The number of H-pyrrole nitrogens is 1. The number of sulfonamides is 1. The van der Waals surface area contributed by atoms with Crippen LogP contribution in [0, 0.1) is 13.8 Å². The fraction of sp³-hybridized carbons (Fsp3) is 0.353. The van der Waals surface area contributed by atoms with Crippen molar-refractivity contribution in [2.24, 2.45) is 0 Å². The number of aromatic amines is 1. The summed E-state index contributed by atoms with van der Waals surface area (Å²) < 4.78 is 32.9. The van der Waals surface area contributed by atoms with E-state index in [-0.39, 0.29) is 23.6 Å². The molecule has 0 amide bonds. The average Bonchev–Trinajstić information content (AvgIpc) is 2.84. The van der Waals surface area contributed by atoms with Crippen LogP contribution in [0.2, 0.25) is 5.02 Å². The molecule has 2 aromatic rings. The van der Waals surface area contributed by atoms with Gasteiger partial charge in [0.25, 0.3) is 0 Å². The SMILES string of the molecule is CCOC(=O)c1c(C)[nH]c(C)c1S(=O)(=O)NCCc1ccc(Cl)cc1. The number of aryl methyl sites for hydroxylation is 2. The summed E-state index contributed by atoms with van der Waals surface area (Å²) in [4.78, 5) is 15.0. The van der Waals surface area contributed by atoms with Crippen LogP contribution in [0.4, 0.5) is 0 Å². The average molecular weight is 385 g/mol. The summed E-state index contributed by atoms with van der Waals surface area (Å²) in [7, 11) is -3.85. The second-order valence-corrected chi connectivity index (χ2v) is 7.71. The number of rotatable bonds is 7. The molecule has 0 unspecified atom stereocenters. The Morgan fingerprint density at radius 3 is 2.44 bits per heavy atom. The minimum atomic E-state index is -3.85. The minimum Gasteiger partial charge on any atom is -0.462 e. The van der Waals surface area contributed by atoms with E-state index in [4.69, 9.17) is 16.3 Å². The van der Waals surface area contributed by atoms with Gasteiger partial charge in [0, 0.05) is 23.0 Å². The van der Waals surface area contributed by atoms with Gasteiger partial charge in [-0.3, -0.25) is 0 Å². The van der Waals surface area contributed by atoms with Crippen LogP contribution in [0.1, 0.15) is 34.2 Å². The van der Waals surface area contributed by atoms with Gasteiger partial charge in [0.05, 0.1) is 6.61 Å². The van der Waals surface area contributed by atoms with Crippen LogP contribution in [0.5, 0.6) is 0 Å². The standard InChI is InChI=1S/C17H21ClN2O4S/c1-4-24-17(21)15-11(2)20-12(3)16(15)25(22,23)19-10-9-13-5-7-14(18)8-6-13/h5-8,19-20H,4,9-10H2,1-3H3. The van der Waals surface area contributed by atoms with E-state index in [0.717, 1.165) is 5.56 Å². The molecule has 2 N–H and O–H groups in total. The molecule has 2 rings (SSSR count). The van der Waals surface area contributed by atoms with Gasteiger partial charge in [-0.25, -0.2) is 17.9 Å². The Labute approximate surface area is 152 Å². The monoisotopic (exact) mass is 384 g/mol. The summed E-state index contributed by atoms with van der Waals surface area (Å²) >= 11 is 5.83. The Morgan fingerprint density at radius 2 is 1.84 bits per heavy atom. The topological polar surface area (TPSA) is 88.3 Å². The van der Waals surface area contributed by atoms with Gasteiger partial charge in [0.2, 0.25) is 10.0 Å². The summed E-state index contributed by atoms with van der Waals surface area (Å²) in [5, 5.41) is 0.627. The lowest BCUT2D eigenvalue weighted by Crippen LogP contribution is -2.28. The van der Waals surface area contributed by atoms with Crippen molar-refractivity contribution < 1.29 is 17.9 Å². The summed E-state index contributed by atoms with van der Waals surface area (Å²) in [6, 6.07) is 7.19. The number of esters is 1. The molecule has 0 saturated carbocycles. The molecule has 0 fully saturated rings. The molecular formula is C17H21ClN2O4S. The summed E-state index contributed by atoms with van der Waals surface area (Å²) in [5.41, 5.74) is 1.88. The smallest absolute Gasteiger partial charge is 0.341 e. The van der Waals surface area contributed by atoms with Crippen LogP contribution in [0.15, 0.2) is 29.2 Å². The van der Waals surface area contributed by atoms with Crippen molar-refractivity contribution >= 4 is 27.6 Å². The molecule has 0 bridgehead atoms. The zero-order valence-corrected chi connectivity index (χ0v) is 15.9. The molecule has 0 radical (unpaired) electrons. The molecule has 1 heterocycles. The highest BCUT2D eigenvalue weighted by atomic mass is 35.5. The van der Waals surface area contributed by atoms with Gasteiger partial charge in [-0.15, -0.1) is 0 Å². The molecule has 25 heavy (non-hydrogen) atoms. The van der Waals surface area contributed by atoms with Gasteiger partial charge in [0.15, 0.2) is 0 Å². The van der Waals surface area contributed by atoms with Gasteiger partial charge in [-0.1, -0.05) is 23.7 Å². The summed E-state index contributed by atoms with van der Waals surface area (Å²) in [6.45, 7) is 5.31. The van der Waals surface area contributed by atoms with E-state index in [1.54, 1.807) is 32.9 Å². The first-order chi connectivity index (χ1) is 11.8. The number of aromatic nitrogens is 1. The first-order valence-corrected chi connectivity index (χ1v) is 9.72. The van der Waals surface area contributed by atoms with E-state index in [0.29, 0.717) is 22.8 Å². The van der Waals surface area contributed by atoms with Crippen molar-refractivity contribution in [3.8, 4) is 0 Å². The first kappa shape index (κ1) is 19.5. The number of benzene rings is 1. The molecule has 136 valence electrons. The Kier molecular flexibility index (Phi) is 6.26. The van der Waals surface area contributed by atoms with Gasteiger partial charge in [-0.2, -0.15) is 0 Å². The van der Waals surface area contributed by atoms with Crippen molar-refractivity contribution in [1.82, 2.24) is 9.71 Å². The Morgan fingerprint density at radius 1 is 1.20 bits per heavy atom. The fourth-order valence-electron chi connectivity index (χ4n) is 2.60. The van der Waals surface area contributed by atoms with Crippen molar-refractivity contribution in [2.45, 2.75) is 32.1 Å². The maximum absolute atomic E-state index is 12.7. The molecule has 1 aromatic carbocycles. The highest BCUT2D eigenvalue weighted by Crippen LogP contribution is 2.24. The maximum Gasteiger partial charge on any atom is 0.341 e. The number of nitrogens with one attached hydrogen (secondary N) is 2. The molecule has 0 aliphatic carbocycles. The normalized spacial score (nSPS) is 11.5. The third-order valence-corrected chi connectivity index (χ3v) is 5.57. The second kappa shape index (κ2) is 8.03. The Balaban J connectivity index is 2.19. The summed E-state index contributed by atoms with van der Waals surface area (Å²) in [6.07, 6.45) is 0.508. The highest BCUT2D eigenvalue weighted by molar-refractivity contribution is 7.89. The third-order valence-electron chi connectivity index (χ3n) is 3.68. The van der Waals surface area contributed by atoms with Gasteiger partial charge < -0.3 is 9.72 Å². The van der Waals surface area contributed by atoms with E-state index in [1.807, 2.05) is 12.1 Å². The highest BCUT2D eigenvalue weighted by Gasteiger charge is 2.29. The molecule has 0 saturated heterocycles. The van der Waals surface area contributed by atoms with E-state index in [2.05, 4.69) is 9.71 Å². The van der Waals surface area contributed by atoms with Crippen LogP contribution < -0.4 is 4.72 Å². The maximum atomic E-state index is 12.7. The first-order valence-electron chi connectivity index (χ1n) is 7.86. The van der Waals surface area contributed by atoms with E-state index < -0.39 is 16.0 Å². The second-order valence-electron chi connectivity index (χ2n) is 5.57. The van der Waals surface area contributed by atoms with E-state index in [1.165, 1.54) is 0 Å². The minimum absolute atomic E-state index is 0.0540. The van der Waals surface area contributed by atoms with E-state index in [9.17, 15) is 13.2 Å². The predicted octanol–water partition coefficient (Wildman–Crippen LogP) is 2.98. The summed E-state index contributed by atoms with van der Waals surface area (Å²) in [5.74, 6) is -0.651. The number of hydrogen-bond acceptors (Lipinski definition) is 4. The largest absolute Gasteiger partial charge is 0.462 e. The zero-order valence-electron chi connectivity index (χ0n) is 14.3. The van der Waals surface area contributed by atoms with Gasteiger partial charge >= 0.3 is 5.97 Å². The number of halogens is 1. The molecule has 6 nitrogen and oxygen atoms in total. The molecular weight excluding hydrogens is 364 g/mol. The number of ether oxygens (including phenoxy) is 1. The lowest BCUT2D eigenvalue weighted by Gasteiger charge is -2.09. The Hall–Kier alpha value is -1.83. The van der Waals surface area contributed by atoms with Crippen molar-refractivity contribution in [1.29, 1.82) is 0 Å². The predicted molar refractivity (Wildman–Crippen MR) is 96.6 cm³/mol. The molecule has 0 aliphatic heterocycles. The number of carbonyl (C=O) groups is 1. The van der Waals surface area contributed by atoms with Crippen LogP contribution >= 0.6 is 11.6 Å². The fourth-order valence-corrected chi connectivity index (χ4v) is 4.20. The van der Waals surface area contributed by atoms with Crippen molar-refractivity contribution in [2.75, 3.05) is 13.2 Å².